The van der Waals surface area contributed by atoms with E-state index in [2.05, 4.69) is 14.4 Å². The summed E-state index contributed by atoms with van der Waals surface area (Å²) in [5.41, 5.74) is 0. The van der Waals surface area contributed by atoms with Gasteiger partial charge in [0.05, 0.1) is 0 Å². The number of carbonyl (C=O) groups is 3. The van der Waals surface area contributed by atoms with Crippen molar-refractivity contribution in [2.24, 2.45) is 0 Å². The molecule has 0 saturated carbocycles. The van der Waals surface area contributed by atoms with Gasteiger partial charge in [0.15, 0.2) is 0 Å². The molecule has 2 amide bonds. The Morgan fingerprint density at radius 2 is 1.82 bits per heavy atom. The van der Waals surface area contributed by atoms with E-state index >= 15 is 0 Å². The molecule has 0 aromatic rings. The van der Waals surface area contributed by atoms with Crippen LogP contribution in [-0.4, -0.2) is 47.0 Å². The number of nitrogens with one attached hydrogen (secondary N) is 2. The van der Waals surface area contributed by atoms with Gasteiger partial charge in [-0.15, -0.1) is 0 Å². The second-order valence-corrected chi connectivity index (χ2v) is 3.90. The highest BCUT2D eigenvalue weighted by Gasteiger charge is 2.17. The molecule has 0 fully saturated rings. The molecule has 0 aliphatic heterocycles. The highest BCUT2D eigenvalue weighted by atomic mass is 27.1. The first kappa shape index (κ1) is 15.9. The van der Waals surface area contributed by atoms with Crippen LogP contribution in [-0.2, 0) is 18.2 Å². The minimum atomic E-state index is -0.623. The summed E-state index contributed by atoms with van der Waals surface area (Å²) >= 11 is 1.87. The Kier molecular flexibility index (Phi) is 8.46. The first-order valence-corrected chi connectivity index (χ1v) is 5.86. The minimum Gasteiger partial charge on any atom is -0.627 e. The third-order valence-corrected chi connectivity index (χ3v) is 2.30. The van der Waals surface area contributed by atoms with Crippen LogP contribution < -0.4 is 10.6 Å². The van der Waals surface area contributed by atoms with Gasteiger partial charge in [-0.2, -0.15) is 0 Å². The maximum Gasteiger partial charge on any atom is 0.484 e. The summed E-state index contributed by atoms with van der Waals surface area (Å²) in [5.74, 6) is -0.829. The van der Waals surface area contributed by atoms with Gasteiger partial charge >= 0.3 is 16.6 Å². The fraction of sp³-hybridized carbons (Fsp3) is 0.700. The van der Waals surface area contributed by atoms with E-state index in [9.17, 15) is 14.4 Å². The zero-order valence-corrected chi connectivity index (χ0v) is 11.3. The molecule has 0 spiro atoms. The van der Waals surface area contributed by atoms with Crippen LogP contribution in [0.15, 0.2) is 0 Å². The molecule has 0 aliphatic rings. The third-order valence-electron chi connectivity index (χ3n) is 2.07. The summed E-state index contributed by atoms with van der Waals surface area (Å²) in [6.45, 7) is 3.37. The Balaban J connectivity index is 3.87. The van der Waals surface area contributed by atoms with Crippen molar-refractivity contribution in [3.8, 4) is 0 Å². The van der Waals surface area contributed by atoms with E-state index in [1.165, 1.54) is 13.8 Å². The Bertz CT molecular complexity index is 283. The van der Waals surface area contributed by atoms with Crippen molar-refractivity contribution in [3.63, 3.8) is 0 Å². The van der Waals surface area contributed by atoms with E-state index in [0.717, 1.165) is 6.42 Å². The van der Waals surface area contributed by atoms with Gasteiger partial charge in [-0.1, -0.05) is 0 Å². The molecule has 0 heterocycles. The molecule has 2 radical (unpaired) electrons. The number of hydrogen-bond acceptors (Lipinski definition) is 4. The first-order chi connectivity index (χ1) is 7.97. The summed E-state index contributed by atoms with van der Waals surface area (Å²) < 4.78 is 4.50. The molecule has 7 heteroatoms. The van der Waals surface area contributed by atoms with E-state index in [-0.39, 0.29) is 11.8 Å². The summed E-state index contributed by atoms with van der Waals surface area (Å²) in [6.07, 6.45) is 1.96. The van der Waals surface area contributed by atoms with Crippen molar-refractivity contribution in [1.29, 1.82) is 0 Å². The van der Waals surface area contributed by atoms with Gasteiger partial charge in [0.1, 0.15) is 6.04 Å². The molecule has 0 saturated heterocycles. The molecule has 0 rings (SSSR count). The molecule has 0 aromatic heterocycles. The second kappa shape index (κ2) is 9.02. The van der Waals surface area contributed by atoms with Crippen molar-refractivity contribution < 1.29 is 18.2 Å². The van der Waals surface area contributed by atoms with Crippen LogP contribution in [0.5, 0.6) is 0 Å². The number of unbranched alkanes of at least 4 members (excludes halogenated alkanes) is 1. The maximum atomic E-state index is 11.3. The number of amides is 2. The number of carbonyl (C=O) groups excluding carboxylic acids is 3. The predicted molar refractivity (Wildman–Crippen MR) is 62.0 cm³/mol. The Morgan fingerprint density at radius 1 is 1.18 bits per heavy atom. The first-order valence-electron chi connectivity index (χ1n) is 5.39. The fourth-order valence-corrected chi connectivity index (χ4v) is 1.48. The van der Waals surface area contributed by atoms with Gasteiger partial charge in [0.2, 0.25) is 11.8 Å². The average Bonchev–Trinajstić information content (AvgIpc) is 2.25. The summed E-state index contributed by atoms with van der Waals surface area (Å²) in [7, 11) is 0. The smallest absolute Gasteiger partial charge is 0.484 e. The van der Waals surface area contributed by atoms with Crippen LogP contribution in [0.1, 0.15) is 33.1 Å². The van der Waals surface area contributed by atoms with Crippen molar-refractivity contribution in [2.75, 3.05) is 6.54 Å². The number of hydrogen-bond donors (Lipinski definition) is 2. The highest BCUT2D eigenvalue weighted by molar-refractivity contribution is 6.06. The van der Waals surface area contributed by atoms with Crippen LogP contribution in [0.2, 0.25) is 0 Å². The van der Waals surface area contributed by atoms with Gasteiger partial charge in [0.25, 0.3) is 5.97 Å². The lowest BCUT2D eigenvalue weighted by Gasteiger charge is -2.16. The molecule has 94 valence electrons. The second-order valence-electron chi connectivity index (χ2n) is 3.67. The van der Waals surface area contributed by atoms with Crippen LogP contribution in [0.25, 0.3) is 0 Å². The fourth-order valence-electron chi connectivity index (χ4n) is 1.31. The molecule has 1 unspecified atom stereocenters. The van der Waals surface area contributed by atoms with E-state index in [0.29, 0.717) is 19.4 Å². The van der Waals surface area contributed by atoms with Crippen molar-refractivity contribution in [1.82, 2.24) is 10.6 Å². The van der Waals surface area contributed by atoms with Crippen LogP contribution in [0, 0.1) is 0 Å². The van der Waals surface area contributed by atoms with Gasteiger partial charge in [-0.05, 0) is 19.3 Å². The van der Waals surface area contributed by atoms with E-state index in [1.54, 1.807) is 0 Å². The molecule has 0 aliphatic carbocycles. The molecule has 6 nitrogen and oxygen atoms in total. The predicted octanol–water partition coefficient (Wildman–Crippen LogP) is -0.576. The standard InChI is InChI=1S/C10H18N2O4.Al/c1-7(13)11-6-4-3-5-9(10(15)16)12-8(2)14;/h9H,3-6H2,1-2H3,(H,11,13)(H,12,14)(H,15,16);/q;+1/p-1. The summed E-state index contributed by atoms with van der Waals surface area (Å²) in [5, 5.41) is 5.17. The lowest BCUT2D eigenvalue weighted by atomic mass is 10.1. The summed E-state index contributed by atoms with van der Waals surface area (Å²) in [6, 6.07) is -0.623. The highest BCUT2D eigenvalue weighted by Crippen LogP contribution is 2.02. The van der Waals surface area contributed by atoms with Crippen LogP contribution >= 0.6 is 0 Å². The van der Waals surface area contributed by atoms with Crippen LogP contribution in [0.3, 0.4) is 0 Å². The quantitative estimate of drug-likeness (QED) is 0.471. The van der Waals surface area contributed by atoms with E-state index < -0.39 is 12.0 Å². The van der Waals surface area contributed by atoms with Gasteiger partial charge in [-0.25, -0.2) is 0 Å². The largest absolute Gasteiger partial charge is 0.627 e. The molecule has 17 heavy (non-hydrogen) atoms. The Morgan fingerprint density at radius 3 is 2.29 bits per heavy atom. The maximum absolute atomic E-state index is 11.3. The molecular formula is C10H17AlN2O4. The molecule has 2 N–H and O–H groups in total. The average molecular weight is 256 g/mol. The molecule has 1 atom stereocenters. The third kappa shape index (κ3) is 8.72. The normalized spacial score (nSPS) is 11.4. The van der Waals surface area contributed by atoms with Crippen LogP contribution in [0.4, 0.5) is 0 Å². The van der Waals surface area contributed by atoms with E-state index in [1.807, 2.05) is 16.6 Å². The lowest BCUT2D eigenvalue weighted by molar-refractivity contribution is -0.139. The molecule has 0 aromatic carbocycles. The van der Waals surface area contributed by atoms with Crippen molar-refractivity contribution in [3.05, 3.63) is 0 Å². The molecule has 0 bridgehead atoms. The SMILES string of the molecule is CC(=O)NCCCCC(NC(C)=O)C(=O)[O][Al]. The van der Waals surface area contributed by atoms with Gasteiger partial charge in [0, 0.05) is 20.4 Å². The van der Waals surface area contributed by atoms with Gasteiger partial charge < -0.3 is 14.4 Å². The number of rotatable bonds is 7. The topological polar surface area (TPSA) is 84.5 Å². The van der Waals surface area contributed by atoms with Gasteiger partial charge in [-0.3, -0.25) is 14.4 Å². The zero-order valence-electron chi connectivity index (χ0n) is 10.1. The Hall–Kier alpha value is -1.06. The molecular weight excluding hydrogens is 239 g/mol. The minimum absolute atomic E-state index is 0.0761. The monoisotopic (exact) mass is 256 g/mol. The Labute approximate surface area is 109 Å². The lowest BCUT2D eigenvalue weighted by Crippen LogP contribution is -2.40. The van der Waals surface area contributed by atoms with Crippen molar-refractivity contribution >= 4 is 34.4 Å². The van der Waals surface area contributed by atoms with Crippen molar-refractivity contribution in [2.45, 2.75) is 39.2 Å². The van der Waals surface area contributed by atoms with E-state index in [4.69, 9.17) is 0 Å². The zero-order chi connectivity index (χ0) is 13.3. The summed E-state index contributed by atoms with van der Waals surface area (Å²) in [4.78, 5) is 32.8.